The number of hydrogen-bond acceptors (Lipinski definition) is 7. The molecule has 4 aromatic rings. The van der Waals surface area contributed by atoms with Crippen molar-refractivity contribution in [3.8, 4) is 5.82 Å². The number of hydrogen-bond donors (Lipinski definition) is 2. The summed E-state index contributed by atoms with van der Waals surface area (Å²) in [4.78, 5) is 24.3. The second-order valence-electron chi connectivity index (χ2n) is 6.35. The van der Waals surface area contributed by atoms with Crippen molar-refractivity contribution in [3.63, 3.8) is 0 Å². The van der Waals surface area contributed by atoms with Crippen LogP contribution < -0.4 is 16.3 Å². The van der Waals surface area contributed by atoms with Crippen molar-refractivity contribution in [3.05, 3.63) is 76.4 Å². The number of aryl methyl sites for hydroxylation is 1. The molecule has 0 atom stereocenters. The number of aromatic nitrogens is 4. The minimum absolute atomic E-state index is 0.0256. The van der Waals surface area contributed by atoms with Gasteiger partial charge >= 0.3 is 5.63 Å². The van der Waals surface area contributed by atoms with Crippen LogP contribution in [0.4, 0.5) is 5.82 Å². The van der Waals surface area contributed by atoms with Crippen LogP contribution in [-0.4, -0.2) is 39.0 Å². The van der Waals surface area contributed by atoms with Gasteiger partial charge in [0.25, 0.3) is 5.91 Å². The SMILES string of the molecule is Cc1ccn(-c2ccc(NCCNC(=O)c3cc4ccccc4oc3=O)nn2)n1. The molecule has 146 valence electrons. The summed E-state index contributed by atoms with van der Waals surface area (Å²) in [5.74, 6) is 0.693. The van der Waals surface area contributed by atoms with Gasteiger partial charge in [-0.1, -0.05) is 18.2 Å². The van der Waals surface area contributed by atoms with Crippen LogP contribution in [0.5, 0.6) is 0 Å². The Morgan fingerprint density at radius 2 is 1.97 bits per heavy atom. The van der Waals surface area contributed by atoms with Gasteiger partial charge in [0.1, 0.15) is 17.0 Å². The van der Waals surface area contributed by atoms with E-state index in [1.165, 1.54) is 6.07 Å². The van der Waals surface area contributed by atoms with E-state index >= 15 is 0 Å². The molecule has 1 amide bonds. The highest BCUT2D eigenvalue weighted by atomic mass is 16.4. The van der Waals surface area contributed by atoms with E-state index in [1.54, 1.807) is 35.0 Å². The lowest BCUT2D eigenvalue weighted by Crippen LogP contribution is -2.32. The van der Waals surface area contributed by atoms with E-state index in [2.05, 4.69) is 25.9 Å². The number of para-hydroxylation sites is 1. The average Bonchev–Trinajstić information content (AvgIpc) is 3.17. The molecule has 0 aliphatic heterocycles. The Labute approximate surface area is 165 Å². The summed E-state index contributed by atoms with van der Waals surface area (Å²) in [6.07, 6.45) is 1.81. The third-order valence-electron chi connectivity index (χ3n) is 4.21. The van der Waals surface area contributed by atoms with Crippen molar-refractivity contribution in [2.75, 3.05) is 18.4 Å². The summed E-state index contributed by atoms with van der Waals surface area (Å²) in [5.41, 5.74) is 0.653. The molecule has 3 aromatic heterocycles. The highest BCUT2D eigenvalue weighted by molar-refractivity contribution is 5.96. The maximum atomic E-state index is 12.3. The Kier molecular flexibility index (Phi) is 5.02. The molecule has 0 saturated heterocycles. The first-order chi connectivity index (χ1) is 14.1. The number of carbonyl (C=O) groups is 1. The number of nitrogens with one attached hydrogen (secondary N) is 2. The molecule has 0 radical (unpaired) electrons. The first kappa shape index (κ1) is 18.4. The van der Waals surface area contributed by atoms with Crippen molar-refractivity contribution in [2.24, 2.45) is 0 Å². The summed E-state index contributed by atoms with van der Waals surface area (Å²) in [6.45, 7) is 2.61. The number of amides is 1. The lowest BCUT2D eigenvalue weighted by molar-refractivity contribution is 0.0951. The van der Waals surface area contributed by atoms with Crippen molar-refractivity contribution >= 4 is 22.7 Å². The molecule has 3 heterocycles. The lowest BCUT2D eigenvalue weighted by Gasteiger charge is -2.07. The fourth-order valence-electron chi connectivity index (χ4n) is 2.77. The lowest BCUT2D eigenvalue weighted by atomic mass is 10.2. The average molecular weight is 390 g/mol. The highest BCUT2D eigenvalue weighted by Gasteiger charge is 2.13. The first-order valence-electron chi connectivity index (χ1n) is 9.01. The number of anilines is 1. The van der Waals surface area contributed by atoms with Crippen LogP contribution in [-0.2, 0) is 0 Å². The number of fused-ring (bicyclic) bond motifs is 1. The maximum absolute atomic E-state index is 12.3. The van der Waals surface area contributed by atoms with E-state index in [0.29, 0.717) is 35.7 Å². The van der Waals surface area contributed by atoms with Crippen LogP contribution in [0, 0.1) is 6.92 Å². The molecule has 0 saturated carbocycles. The molecular weight excluding hydrogens is 372 g/mol. The third kappa shape index (κ3) is 4.13. The van der Waals surface area contributed by atoms with Crippen molar-refractivity contribution in [1.82, 2.24) is 25.3 Å². The molecule has 2 N–H and O–H groups in total. The van der Waals surface area contributed by atoms with Crippen LogP contribution >= 0.6 is 0 Å². The fourth-order valence-corrected chi connectivity index (χ4v) is 2.77. The Balaban J connectivity index is 1.32. The van der Waals surface area contributed by atoms with E-state index in [1.807, 2.05) is 25.3 Å². The normalized spacial score (nSPS) is 10.8. The van der Waals surface area contributed by atoms with Crippen LogP contribution in [0.25, 0.3) is 16.8 Å². The molecule has 0 bridgehead atoms. The van der Waals surface area contributed by atoms with Gasteiger partial charge in [0.2, 0.25) is 0 Å². The molecule has 0 aliphatic rings. The van der Waals surface area contributed by atoms with Gasteiger partial charge in [-0.2, -0.15) is 5.10 Å². The Bertz CT molecular complexity index is 1210. The minimum atomic E-state index is -0.663. The Morgan fingerprint density at radius 1 is 1.10 bits per heavy atom. The molecule has 9 heteroatoms. The molecule has 9 nitrogen and oxygen atoms in total. The van der Waals surface area contributed by atoms with Gasteiger partial charge in [-0.25, -0.2) is 9.48 Å². The molecule has 0 aliphatic carbocycles. The van der Waals surface area contributed by atoms with Crippen LogP contribution in [0.2, 0.25) is 0 Å². The smallest absolute Gasteiger partial charge is 0.349 e. The molecule has 29 heavy (non-hydrogen) atoms. The van der Waals surface area contributed by atoms with E-state index in [0.717, 1.165) is 5.69 Å². The predicted octanol–water partition coefficient (Wildman–Crippen LogP) is 1.92. The number of benzene rings is 1. The quantitative estimate of drug-likeness (QED) is 0.382. The minimum Gasteiger partial charge on any atom is -0.422 e. The first-order valence-corrected chi connectivity index (χ1v) is 9.01. The molecule has 0 unspecified atom stereocenters. The molecule has 1 aromatic carbocycles. The number of rotatable bonds is 6. The summed E-state index contributed by atoms with van der Waals surface area (Å²) >= 11 is 0. The van der Waals surface area contributed by atoms with Gasteiger partial charge in [-0.05, 0) is 37.3 Å². The standard InChI is InChI=1S/C20H18N6O3/c1-13-8-11-26(25-13)18-7-6-17(23-24-18)21-9-10-22-19(27)15-12-14-4-2-3-5-16(14)29-20(15)28/h2-8,11-12H,9-10H2,1H3,(H,21,23)(H,22,27). The topological polar surface area (TPSA) is 115 Å². The summed E-state index contributed by atoms with van der Waals surface area (Å²) in [6, 6.07) is 14.0. The highest BCUT2D eigenvalue weighted by Crippen LogP contribution is 2.12. The molecule has 0 spiro atoms. The summed E-state index contributed by atoms with van der Waals surface area (Å²) < 4.78 is 6.82. The second-order valence-corrected chi connectivity index (χ2v) is 6.35. The van der Waals surface area contributed by atoms with Crippen molar-refractivity contribution in [1.29, 1.82) is 0 Å². The molecule has 0 fully saturated rings. The van der Waals surface area contributed by atoms with Gasteiger partial charge < -0.3 is 15.1 Å². The van der Waals surface area contributed by atoms with Gasteiger partial charge in [-0.15, -0.1) is 10.2 Å². The zero-order valence-electron chi connectivity index (χ0n) is 15.6. The van der Waals surface area contributed by atoms with Gasteiger partial charge in [0.05, 0.1) is 5.69 Å². The van der Waals surface area contributed by atoms with Crippen LogP contribution in [0.15, 0.2) is 63.9 Å². The maximum Gasteiger partial charge on any atom is 0.349 e. The zero-order valence-corrected chi connectivity index (χ0v) is 15.6. The number of nitrogens with zero attached hydrogens (tertiary/aromatic N) is 4. The van der Waals surface area contributed by atoms with E-state index in [-0.39, 0.29) is 5.56 Å². The van der Waals surface area contributed by atoms with E-state index < -0.39 is 11.5 Å². The second kappa shape index (κ2) is 7.93. The van der Waals surface area contributed by atoms with Gasteiger partial charge in [0, 0.05) is 24.7 Å². The van der Waals surface area contributed by atoms with Gasteiger partial charge in [-0.3, -0.25) is 4.79 Å². The predicted molar refractivity (Wildman–Crippen MR) is 107 cm³/mol. The Morgan fingerprint density at radius 3 is 2.72 bits per heavy atom. The van der Waals surface area contributed by atoms with Crippen molar-refractivity contribution < 1.29 is 9.21 Å². The molecule has 4 rings (SSSR count). The summed E-state index contributed by atoms with van der Waals surface area (Å²) in [7, 11) is 0. The third-order valence-corrected chi connectivity index (χ3v) is 4.21. The monoisotopic (exact) mass is 390 g/mol. The van der Waals surface area contributed by atoms with Crippen LogP contribution in [0.3, 0.4) is 0 Å². The number of carbonyl (C=O) groups excluding carboxylic acids is 1. The largest absolute Gasteiger partial charge is 0.422 e. The Hall–Kier alpha value is -4.01. The van der Waals surface area contributed by atoms with Crippen molar-refractivity contribution in [2.45, 2.75) is 6.92 Å². The van der Waals surface area contributed by atoms with E-state index in [9.17, 15) is 9.59 Å². The molecular formula is C20H18N6O3. The zero-order chi connectivity index (χ0) is 20.2. The fraction of sp³-hybridized carbons (Fsp3) is 0.150. The summed E-state index contributed by atoms with van der Waals surface area (Å²) in [5, 5.41) is 18.9. The van der Waals surface area contributed by atoms with E-state index in [4.69, 9.17) is 4.42 Å². The van der Waals surface area contributed by atoms with Gasteiger partial charge in [0.15, 0.2) is 5.82 Å². The van der Waals surface area contributed by atoms with Crippen LogP contribution in [0.1, 0.15) is 16.1 Å².